The minimum absolute atomic E-state index is 0.237. The van der Waals surface area contributed by atoms with E-state index in [9.17, 15) is 0 Å². The van der Waals surface area contributed by atoms with Gasteiger partial charge in [0.25, 0.3) is 0 Å². The average molecular weight is 217 g/mol. The van der Waals surface area contributed by atoms with Gasteiger partial charge in [-0.3, -0.25) is 4.99 Å². The van der Waals surface area contributed by atoms with Crippen LogP contribution in [0.2, 0.25) is 0 Å². The molecule has 0 aromatic heterocycles. The molecule has 0 spiro atoms. The molecule has 1 atom stereocenters. The Hall–Kier alpha value is -1.42. The van der Waals surface area contributed by atoms with Crippen molar-refractivity contribution in [3.8, 4) is 0 Å². The molecular weight excluding hydrogens is 206 g/mol. The molecule has 0 radical (unpaired) electrons. The number of nitrogen functional groups attached to an aromatic ring is 1. The van der Waals surface area contributed by atoms with E-state index in [1.807, 2.05) is 18.2 Å². The van der Waals surface area contributed by atoms with Crippen molar-refractivity contribution in [1.29, 1.82) is 0 Å². The van der Waals surface area contributed by atoms with E-state index in [2.05, 4.69) is 27.6 Å². The minimum atomic E-state index is 0.237. The van der Waals surface area contributed by atoms with E-state index in [1.165, 1.54) is 5.56 Å². The van der Waals surface area contributed by atoms with Crippen molar-refractivity contribution in [3.63, 3.8) is 0 Å². The average Bonchev–Trinajstić information content (AvgIpc) is 2.76. The van der Waals surface area contributed by atoms with E-state index in [1.54, 1.807) is 11.8 Å². The summed E-state index contributed by atoms with van der Waals surface area (Å²) in [6, 6.07) is 8.21. The molecule has 0 bridgehead atoms. The summed E-state index contributed by atoms with van der Waals surface area (Å²) in [4.78, 5) is 6.83. The second-order valence-electron chi connectivity index (χ2n) is 3.65. The molecule has 2 heterocycles. The van der Waals surface area contributed by atoms with E-state index in [0.29, 0.717) is 0 Å². The minimum Gasteiger partial charge on any atom is -0.399 e. The quantitative estimate of drug-likeness (QED) is 0.733. The zero-order chi connectivity index (χ0) is 10.3. The number of hydrogen-bond acceptors (Lipinski definition) is 4. The Morgan fingerprint density at radius 3 is 3.20 bits per heavy atom. The third-order valence-electron chi connectivity index (χ3n) is 2.59. The first-order valence-corrected chi connectivity index (χ1v) is 5.74. The fourth-order valence-corrected chi connectivity index (χ4v) is 2.63. The van der Waals surface area contributed by atoms with Gasteiger partial charge in [0.1, 0.15) is 0 Å². The number of rotatable bonds is 1. The number of nitrogens with two attached hydrogens (primary N) is 1. The maximum Gasteiger partial charge on any atom is 0.168 e. The normalized spacial score (nSPS) is 23.1. The molecule has 2 N–H and O–H groups in total. The summed E-state index contributed by atoms with van der Waals surface area (Å²) in [6.45, 7) is 0.933. The fraction of sp³-hybridized carbons (Fsp3) is 0.182. The van der Waals surface area contributed by atoms with Crippen molar-refractivity contribution in [2.45, 2.75) is 6.04 Å². The number of amidine groups is 1. The Morgan fingerprint density at radius 2 is 2.40 bits per heavy atom. The monoisotopic (exact) mass is 217 g/mol. The summed E-state index contributed by atoms with van der Waals surface area (Å²) in [5, 5.41) is 3.16. The van der Waals surface area contributed by atoms with Gasteiger partial charge in [-0.25, -0.2) is 0 Å². The van der Waals surface area contributed by atoms with Crippen molar-refractivity contribution in [1.82, 2.24) is 4.90 Å². The zero-order valence-corrected chi connectivity index (χ0v) is 8.95. The highest BCUT2D eigenvalue weighted by Gasteiger charge is 2.27. The fourth-order valence-electron chi connectivity index (χ4n) is 1.85. The van der Waals surface area contributed by atoms with Crippen LogP contribution in [-0.4, -0.2) is 16.6 Å². The molecule has 15 heavy (non-hydrogen) atoms. The van der Waals surface area contributed by atoms with Crippen molar-refractivity contribution in [2.24, 2.45) is 4.99 Å². The van der Waals surface area contributed by atoms with Crippen LogP contribution >= 0.6 is 11.8 Å². The number of aliphatic imine (C=N–C) groups is 1. The highest BCUT2D eigenvalue weighted by Crippen LogP contribution is 2.33. The lowest BCUT2D eigenvalue weighted by Crippen LogP contribution is -2.16. The zero-order valence-electron chi connectivity index (χ0n) is 8.13. The van der Waals surface area contributed by atoms with Crippen LogP contribution in [0.3, 0.4) is 0 Å². The molecule has 3 rings (SSSR count). The Labute approximate surface area is 92.7 Å². The number of nitrogens with zero attached hydrogens (tertiary/aromatic N) is 2. The first-order valence-electron chi connectivity index (χ1n) is 4.86. The number of benzene rings is 1. The van der Waals surface area contributed by atoms with E-state index >= 15 is 0 Å². The van der Waals surface area contributed by atoms with Gasteiger partial charge in [0.05, 0.1) is 12.6 Å². The van der Waals surface area contributed by atoms with Crippen LogP contribution in [0.15, 0.2) is 40.9 Å². The molecule has 2 aliphatic rings. The molecule has 0 saturated carbocycles. The topological polar surface area (TPSA) is 41.6 Å². The van der Waals surface area contributed by atoms with Gasteiger partial charge < -0.3 is 10.6 Å². The molecule has 0 amide bonds. The number of hydrogen-bond donors (Lipinski definition) is 1. The lowest BCUT2D eigenvalue weighted by molar-refractivity contribution is 0.558. The molecule has 76 valence electrons. The maximum absolute atomic E-state index is 5.76. The largest absolute Gasteiger partial charge is 0.399 e. The molecular formula is C11H11N3S. The standard InChI is InChI=1S/C11H11N3S/c12-9-3-1-2-8(6-9)10-7-14-4-5-15-11(14)13-10/h1-6,10H,7,12H2. The third-order valence-corrected chi connectivity index (χ3v) is 3.40. The molecule has 2 aliphatic heterocycles. The lowest BCUT2D eigenvalue weighted by Gasteiger charge is -2.11. The first-order chi connectivity index (χ1) is 7.33. The van der Waals surface area contributed by atoms with Gasteiger partial charge in [-0.05, 0) is 23.1 Å². The first kappa shape index (κ1) is 8.85. The number of fused-ring (bicyclic) bond motifs is 1. The van der Waals surface area contributed by atoms with Gasteiger partial charge in [-0.15, -0.1) is 0 Å². The lowest BCUT2D eigenvalue weighted by atomic mass is 10.1. The SMILES string of the molecule is Nc1cccc(C2CN3C=CSC3=N2)c1. The predicted molar refractivity (Wildman–Crippen MR) is 64.5 cm³/mol. The van der Waals surface area contributed by atoms with Crippen LogP contribution in [0.5, 0.6) is 0 Å². The molecule has 1 unspecified atom stereocenters. The second-order valence-corrected chi connectivity index (χ2v) is 4.53. The Balaban J connectivity index is 1.89. The highest BCUT2D eigenvalue weighted by atomic mass is 32.2. The third kappa shape index (κ3) is 1.51. The van der Waals surface area contributed by atoms with Crippen molar-refractivity contribution >= 4 is 22.6 Å². The summed E-state index contributed by atoms with van der Waals surface area (Å²) in [5.41, 5.74) is 7.77. The summed E-state index contributed by atoms with van der Waals surface area (Å²) < 4.78 is 0. The van der Waals surface area contributed by atoms with E-state index < -0.39 is 0 Å². The van der Waals surface area contributed by atoms with Crippen molar-refractivity contribution in [2.75, 3.05) is 12.3 Å². The Kier molecular flexibility index (Phi) is 1.95. The van der Waals surface area contributed by atoms with E-state index in [4.69, 9.17) is 5.73 Å². The highest BCUT2D eigenvalue weighted by molar-refractivity contribution is 8.16. The molecule has 0 fully saturated rings. The van der Waals surface area contributed by atoms with Crippen LogP contribution in [-0.2, 0) is 0 Å². The molecule has 1 aromatic carbocycles. The molecule has 3 nitrogen and oxygen atoms in total. The van der Waals surface area contributed by atoms with Crippen LogP contribution < -0.4 is 5.73 Å². The molecule has 4 heteroatoms. The maximum atomic E-state index is 5.76. The van der Waals surface area contributed by atoms with Gasteiger partial charge in [0.2, 0.25) is 0 Å². The molecule has 0 aliphatic carbocycles. The van der Waals surface area contributed by atoms with Crippen LogP contribution in [0.4, 0.5) is 5.69 Å². The van der Waals surface area contributed by atoms with Gasteiger partial charge >= 0.3 is 0 Å². The summed E-state index contributed by atoms with van der Waals surface area (Å²) in [5.74, 6) is 0. The number of thioether (sulfide) groups is 1. The van der Waals surface area contributed by atoms with E-state index in [-0.39, 0.29) is 6.04 Å². The van der Waals surface area contributed by atoms with Crippen molar-refractivity contribution < 1.29 is 0 Å². The molecule has 0 saturated heterocycles. The van der Waals surface area contributed by atoms with Crippen LogP contribution in [0.1, 0.15) is 11.6 Å². The predicted octanol–water partition coefficient (Wildman–Crippen LogP) is 2.20. The summed E-state index contributed by atoms with van der Waals surface area (Å²) in [7, 11) is 0. The van der Waals surface area contributed by atoms with Gasteiger partial charge in [-0.2, -0.15) is 0 Å². The van der Waals surface area contributed by atoms with E-state index in [0.717, 1.165) is 17.4 Å². The van der Waals surface area contributed by atoms with Gasteiger partial charge in [0, 0.05) is 11.9 Å². The summed E-state index contributed by atoms with van der Waals surface area (Å²) in [6.07, 6.45) is 2.08. The Morgan fingerprint density at radius 1 is 1.47 bits per heavy atom. The second kappa shape index (κ2) is 3.31. The summed E-state index contributed by atoms with van der Waals surface area (Å²) >= 11 is 1.68. The van der Waals surface area contributed by atoms with Crippen molar-refractivity contribution in [3.05, 3.63) is 41.4 Å². The van der Waals surface area contributed by atoms with Gasteiger partial charge in [-0.1, -0.05) is 23.9 Å². The smallest absolute Gasteiger partial charge is 0.168 e. The van der Waals surface area contributed by atoms with Crippen LogP contribution in [0, 0.1) is 0 Å². The van der Waals surface area contributed by atoms with Crippen LogP contribution in [0.25, 0.3) is 0 Å². The Bertz CT molecular complexity index is 453. The number of anilines is 1. The van der Waals surface area contributed by atoms with Gasteiger partial charge in [0.15, 0.2) is 5.17 Å². The molecule has 1 aromatic rings.